The third-order valence-corrected chi connectivity index (χ3v) is 11.1. The molecule has 0 amide bonds. The van der Waals surface area contributed by atoms with Crippen molar-refractivity contribution in [2.24, 2.45) is 0 Å². The molecule has 1 atom stereocenters. The molecule has 0 heterocycles. The lowest BCUT2D eigenvalue weighted by Gasteiger charge is -2.18. The van der Waals surface area contributed by atoms with Crippen molar-refractivity contribution >= 4 is 17.9 Å². The zero-order valence-electron chi connectivity index (χ0n) is 41.8. The van der Waals surface area contributed by atoms with Gasteiger partial charge in [-0.25, -0.2) is 0 Å². The van der Waals surface area contributed by atoms with Crippen LogP contribution in [0.3, 0.4) is 0 Å². The van der Waals surface area contributed by atoms with Crippen LogP contribution in [-0.4, -0.2) is 37.2 Å². The van der Waals surface area contributed by atoms with Gasteiger partial charge in [-0.2, -0.15) is 0 Å². The zero-order valence-corrected chi connectivity index (χ0v) is 41.8. The molecule has 6 heteroatoms. The second kappa shape index (κ2) is 52.2. The molecule has 0 bridgehead atoms. The van der Waals surface area contributed by atoms with E-state index in [0.29, 0.717) is 19.3 Å². The van der Waals surface area contributed by atoms with Crippen LogP contribution in [0.1, 0.15) is 245 Å². The van der Waals surface area contributed by atoms with Gasteiger partial charge in [0.1, 0.15) is 13.2 Å². The standard InChI is InChI=1S/C58H98O6/c1-4-7-10-13-16-19-22-25-27-29-31-33-36-39-42-45-48-51-57(60)63-54-55(53-62-56(59)50-47-44-41-38-35-32-24-21-18-15-12-9-6-3)64-58(61)52-49-46-43-40-37-34-30-28-26-23-20-17-14-11-8-5-2/h8,11,16-17,19-20,25-28,32,35,41,44,55H,4-7,9-10,12-15,18,21-24,29-31,33-34,36-40,42-43,45-54H2,1-3H3/b11-8+,19-16+,20-17+,27-25+,28-26+,35-32+,44-41+. The molecule has 0 aromatic carbocycles. The fourth-order valence-electron chi connectivity index (χ4n) is 7.13. The maximum absolute atomic E-state index is 12.8. The summed E-state index contributed by atoms with van der Waals surface area (Å²) in [6.45, 7) is 6.42. The van der Waals surface area contributed by atoms with Crippen LogP contribution in [0.4, 0.5) is 0 Å². The van der Waals surface area contributed by atoms with Gasteiger partial charge in [0.05, 0.1) is 0 Å². The van der Waals surface area contributed by atoms with Gasteiger partial charge in [-0.05, 0) is 103 Å². The molecule has 0 aliphatic carbocycles. The summed E-state index contributed by atoms with van der Waals surface area (Å²) in [4.78, 5) is 38.0. The molecule has 0 saturated heterocycles. The van der Waals surface area contributed by atoms with Gasteiger partial charge in [-0.1, -0.05) is 209 Å². The smallest absolute Gasteiger partial charge is 0.306 e. The molecule has 0 rings (SSSR count). The average molecular weight is 891 g/mol. The van der Waals surface area contributed by atoms with Gasteiger partial charge in [0.2, 0.25) is 0 Å². The quantitative estimate of drug-likeness (QED) is 0.0262. The van der Waals surface area contributed by atoms with E-state index in [0.717, 1.165) is 96.3 Å². The highest BCUT2D eigenvalue weighted by Gasteiger charge is 2.19. The van der Waals surface area contributed by atoms with Gasteiger partial charge < -0.3 is 14.2 Å². The van der Waals surface area contributed by atoms with Crippen molar-refractivity contribution in [2.45, 2.75) is 252 Å². The number of carbonyl (C=O) groups excluding carboxylic acids is 3. The second-order valence-corrected chi connectivity index (χ2v) is 17.4. The number of hydrogen-bond acceptors (Lipinski definition) is 6. The molecule has 0 radical (unpaired) electrons. The Morgan fingerprint density at radius 2 is 0.641 bits per heavy atom. The fraction of sp³-hybridized carbons (Fsp3) is 0.707. The van der Waals surface area contributed by atoms with E-state index >= 15 is 0 Å². The third-order valence-electron chi connectivity index (χ3n) is 11.1. The summed E-state index contributed by atoms with van der Waals surface area (Å²) in [7, 11) is 0. The van der Waals surface area contributed by atoms with E-state index in [4.69, 9.17) is 14.2 Å². The Labute approximate surface area is 395 Å². The van der Waals surface area contributed by atoms with E-state index in [1.54, 1.807) is 0 Å². The normalized spacial score (nSPS) is 12.7. The molecule has 1 unspecified atom stereocenters. The van der Waals surface area contributed by atoms with Crippen LogP contribution in [0.25, 0.3) is 0 Å². The van der Waals surface area contributed by atoms with Crippen molar-refractivity contribution in [3.05, 3.63) is 85.1 Å². The Balaban J connectivity index is 4.47. The van der Waals surface area contributed by atoms with Crippen LogP contribution in [0.15, 0.2) is 85.1 Å². The van der Waals surface area contributed by atoms with Gasteiger partial charge in [-0.15, -0.1) is 0 Å². The van der Waals surface area contributed by atoms with Crippen LogP contribution in [0.5, 0.6) is 0 Å². The molecule has 0 spiro atoms. The summed E-state index contributed by atoms with van der Waals surface area (Å²) in [5.41, 5.74) is 0. The van der Waals surface area contributed by atoms with Gasteiger partial charge in [0, 0.05) is 19.3 Å². The highest BCUT2D eigenvalue weighted by atomic mass is 16.6. The fourth-order valence-corrected chi connectivity index (χ4v) is 7.13. The first-order valence-corrected chi connectivity index (χ1v) is 26.6. The molecule has 366 valence electrons. The minimum absolute atomic E-state index is 0.104. The van der Waals surface area contributed by atoms with Crippen LogP contribution in [0, 0.1) is 0 Å². The SMILES string of the molecule is CC/C=C/C/C=C/C/C=C/CCCCCCCCC(=O)OC(COC(=O)CC/C=C/C/C=C/CCCCCCCC)COC(=O)CCCCCCCCC/C=C/C/C=C/CCCCC. The van der Waals surface area contributed by atoms with Crippen molar-refractivity contribution in [1.29, 1.82) is 0 Å². The number of allylic oxidation sites excluding steroid dienone is 14. The number of rotatable bonds is 47. The van der Waals surface area contributed by atoms with E-state index in [2.05, 4.69) is 99.8 Å². The monoisotopic (exact) mass is 891 g/mol. The number of unbranched alkanes of at least 4 members (excludes halogenated alkanes) is 22. The minimum atomic E-state index is -0.809. The first-order valence-electron chi connectivity index (χ1n) is 26.6. The summed E-state index contributed by atoms with van der Waals surface area (Å²) in [5, 5.41) is 0. The van der Waals surface area contributed by atoms with Crippen molar-refractivity contribution < 1.29 is 28.6 Å². The van der Waals surface area contributed by atoms with E-state index in [-0.39, 0.29) is 37.5 Å². The first kappa shape index (κ1) is 60.6. The summed E-state index contributed by atoms with van der Waals surface area (Å²) in [6, 6.07) is 0. The number of esters is 3. The largest absolute Gasteiger partial charge is 0.462 e. The molecule has 64 heavy (non-hydrogen) atoms. The molecular formula is C58H98O6. The van der Waals surface area contributed by atoms with Gasteiger partial charge in [0.15, 0.2) is 6.10 Å². The van der Waals surface area contributed by atoms with Crippen molar-refractivity contribution in [2.75, 3.05) is 13.2 Å². The molecule has 0 N–H and O–H groups in total. The van der Waals surface area contributed by atoms with Gasteiger partial charge in [-0.3, -0.25) is 14.4 Å². The Hall–Kier alpha value is -3.41. The summed E-state index contributed by atoms with van der Waals surface area (Å²) >= 11 is 0. The lowest BCUT2D eigenvalue weighted by molar-refractivity contribution is -0.166. The number of ether oxygens (including phenoxy) is 3. The van der Waals surface area contributed by atoms with E-state index in [1.807, 2.05) is 6.08 Å². The maximum atomic E-state index is 12.8. The van der Waals surface area contributed by atoms with Gasteiger partial charge in [0.25, 0.3) is 0 Å². The van der Waals surface area contributed by atoms with Crippen molar-refractivity contribution in [1.82, 2.24) is 0 Å². The minimum Gasteiger partial charge on any atom is -0.462 e. The molecular weight excluding hydrogens is 793 g/mol. The van der Waals surface area contributed by atoms with E-state index in [1.165, 1.54) is 103 Å². The average Bonchev–Trinajstić information content (AvgIpc) is 3.29. The first-order chi connectivity index (χ1) is 31.5. The predicted molar refractivity (Wildman–Crippen MR) is 274 cm³/mol. The van der Waals surface area contributed by atoms with Crippen molar-refractivity contribution in [3.8, 4) is 0 Å². The Kier molecular flexibility index (Phi) is 49.4. The summed E-state index contributed by atoms with van der Waals surface area (Å²) in [5.74, 6) is -0.994. The van der Waals surface area contributed by atoms with Crippen LogP contribution >= 0.6 is 0 Å². The molecule has 0 aliphatic rings. The van der Waals surface area contributed by atoms with E-state index < -0.39 is 6.10 Å². The number of hydrogen-bond donors (Lipinski definition) is 0. The molecule has 0 aromatic heterocycles. The molecule has 0 fully saturated rings. The van der Waals surface area contributed by atoms with Crippen molar-refractivity contribution in [3.63, 3.8) is 0 Å². The maximum Gasteiger partial charge on any atom is 0.306 e. The van der Waals surface area contributed by atoms with E-state index in [9.17, 15) is 14.4 Å². The Morgan fingerprint density at radius 1 is 0.328 bits per heavy atom. The van der Waals surface area contributed by atoms with Crippen LogP contribution < -0.4 is 0 Å². The second-order valence-electron chi connectivity index (χ2n) is 17.4. The number of carbonyl (C=O) groups is 3. The lowest BCUT2D eigenvalue weighted by atomic mass is 10.1. The zero-order chi connectivity index (χ0) is 46.5. The molecule has 0 saturated carbocycles. The summed E-state index contributed by atoms with van der Waals surface area (Å²) in [6.07, 6.45) is 67.2. The van der Waals surface area contributed by atoms with Gasteiger partial charge >= 0.3 is 17.9 Å². The Bertz CT molecular complexity index is 1250. The molecule has 0 aliphatic heterocycles. The molecule has 0 aromatic rings. The topological polar surface area (TPSA) is 78.9 Å². The summed E-state index contributed by atoms with van der Waals surface area (Å²) < 4.78 is 16.7. The lowest BCUT2D eigenvalue weighted by Crippen LogP contribution is -2.30. The van der Waals surface area contributed by atoms with Crippen LogP contribution in [-0.2, 0) is 28.6 Å². The van der Waals surface area contributed by atoms with Crippen LogP contribution in [0.2, 0.25) is 0 Å². The molecule has 6 nitrogen and oxygen atoms in total. The predicted octanol–water partition coefficient (Wildman–Crippen LogP) is 17.6. The Morgan fingerprint density at radius 3 is 1.08 bits per heavy atom. The third kappa shape index (κ3) is 49.6. The highest BCUT2D eigenvalue weighted by molar-refractivity contribution is 5.71. The highest BCUT2D eigenvalue weighted by Crippen LogP contribution is 2.14.